The molecule has 186 valence electrons. The first-order chi connectivity index (χ1) is 16.8. The van der Waals surface area contributed by atoms with E-state index in [1.807, 2.05) is 49.4 Å². The lowest BCUT2D eigenvalue weighted by molar-refractivity contribution is -0.127. The first-order valence-corrected chi connectivity index (χ1v) is 12.4. The van der Waals surface area contributed by atoms with Crippen molar-refractivity contribution in [2.45, 2.75) is 58.5 Å². The minimum atomic E-state index is -0.0683. The van der Waals surface area contributed by atoms with Crippen LogP contribution in [0.1, 0.15) is 52.0 Å². The minimum Gasteiger partial charge on any atom is -0.491 e. The molecular formula is C28H36N4O3. The molecule has 1 saturated heterocycles. The highest BCUT2D eigenvalue weighted by Crippen LogP contribution is 2.25. The maximum absolute atomic E-state index is 12.9. The number of piperidine rings is 1. The van der Waals surface area contributed by atoms with Gasteiger partial charge in [-0.15, -0.1) is 0 Å². The van der Waals surface area contributed by atoms with Gasteiger partial charge in [0.2, 0.25) is 17.6 Å². The number of hydrogen-bond donors (Lipinski definition) is 1. The normalized spacial score (nSPS) is 17.7. The average Bonchev–Trinajstić information content (AvgIpc) is 3.31. The van der Waals surface area contributed by atoms with Crippen LogP contribution in [-0.2, 0) is 16.8 Å². The third-order valence-corrected chi connectivity index (χ3v) is 6.34. The van der Waals surface area contributed by atoms with Crippen molar-refractivity contribution in [2.24, 2.45) is 5.92 Å². The molecule has 0 spiro atoms. The SMILES string of the molecule is CC(COc1ccccc1)NC(=O)C1CCCN(Cc2nc(-c3ccc(C(C)(C)C)cc3)no2)C1. The Labute approximate surface area is 207 Å². The molecule has 3 aromatic rings. The largest absolute Gasteiger partial charge is 0.491 e. The summed E-state index contributed by atoms with van der Waals surface area (Å²) in [6.07, 6.45) is 1.84. The molecule has 0 radical (unpaired) electrons. The summed E-state index contributed by atoms with van der Waals surface area (Å²) in [7, 11) is 0. The van der Waals surface area contributed by atoms with Crippen LogP contribution in [-0.4, -0.2) is 46.7 Å². The lowest BCUT2D eigenvalue weighted by Crippen LogP contribution is -2.46. The number of amides is 1. The summed E-state index contributed by atoms with van der Waals surface area (Å²) in [6, 6.07) is 17.9. The number of carbonyl (C=O) groups excluding carboxylic acids is 1. The van der Waals surface area contributed by atoms with Crippen LogP contribution in [0, 0.1) is 5.92 Å². The smallest absolute Gasteiger partial charge is 0.241 e. The standard InChI is InChI=1S/C28H36N4O3/c1-20(19-34-24-10-6-5-7-11-24)29-27(33)22-9-8-16-32(17-22)18-25-30-26(31-35-25)21-12-14-23(15-13-21)28(2,3)4/h5-7,10-15,20,22H,8-9,16-19H2,1-4H3,(H,29,33). The van der Waals surface area contributed by atoms with Crippen LogP contribution in [0.3, 0.4) is 0 Å². The highest BCUT2D eigenvalue weighted by molar-refractivity contribution is 5.79. The van der Waals surface area contributed by atoms with Crippen molar-refractivity contribution in [2.75, 3.05) is 19.7 Å². The molecule has 7 nitrogen and oxygen atoms in total. The van der Waals surface area contributed by atoms with Gasteiger partial charge in [-0.1, -0.05) is 68.4 Å². The zero-order valence-corrected chi connectivity index (χ0v) is 21.2. The van der Waals surface area contributed by atoms with Crippen LogP contribution in [0.4, 0.5) is 0 Å². The molecule has 4 rings (SSSR count). The van der Waals surface area contributed by atoms with Crippen LogP contribution < -0.4 is 10.1 Å². The molecule has 2 heterocycles. The van der Waals surface area contributed by atoms with E-state index in [-0.39, 0.29) is 23.3 Å². The zero-order valence-electron chi connectivity index (χ0n) is 21.2. The predicted octanol–water partition coefficient (Wildman–Crippen LogP) is 4.83. The van der Waals surface area contributed by atoms with Crippen molar-refractivity contribution >= 4 is 5.91 Å². The van der Waals surface area contributed by atoms with Crippen LogP contribution in [0.25, 0.3) is 11.4 Å². The number of aromatic nitrogens is 2. The van der Waals surface area contributed by atoms with E-state index < -0.39 is 0 Å². The molecule has 1 fully saturated rings. The average molecular weight is 477 g/mol. The Bertz CT molecular complexity index is 1090. The first-order valence-electron chi connectivity index (χ1n) is 12.4. The van der Waals surface area contributed by atoms with Gasteiger partial charge in [0.05, 0.1) is 18.5 Å². The van der Waals surface area contributed by atoms with Crippen LogP contribution >= 0.6 is 0 Å². The van der Waals surface area contributed by atoms with Gasteiger partial charge in [0.1, 0.15) is 12.4 Å². The number of rotatable bonds is 8. The van der Waals surface area contributed by atoms with E-state index in [1.54, 1.807) is 0 Å². The molecule has 1 aliphatic heterocycles. The maximum atomic E-state index is 12.9. The fraction of sp³-hybridized carbons (Fsp3) is 0.464. The number of hydrogen-bond acceptors (Lipinski definition) is 6. The maximum Gasteiger partial charge on any atom is 0.241 e. The summed E-state index contributed by atoms with van der Waals surface area (Å²) < 4.78 is 11.3. The number of likely N-dealkylation sites (tertiary alicyclic amines) is 1. The third kappa shape index (κ3) is 6.92. The number of benzene rings is 2. The molecule has 0 bridgehead atoms. The number of ether oxygens (including phenoxy) is 1. The van der Waals surface area contributed by atoms with Gasteiger partial charge in [0, 0.05) is 12.1 Å². The third-order valence-electron chi connectivity index (χ3n) is 6.34. The Morgan fingerprint density at radius 2 is 1.91 bits per heavy atom. The number of carbonyl (C=O) groups is 1. The molecule has 1 aliphatic rings. The summed E-state index contributed by atoms with van der Waals surface area (Å²) in [5.74, 6) is 1.99. The molecule has 1 N–H and O–H groups in total. The van der Waals surface area contributed by atoms with E-state index in [9.17, 15) is 4.79 Å². The van der Waals surface area contributed by atoms with Crippen molar-refractivity contribution in [3.63, 3.8) is 0 Å². The molecule has 35 heavy (non-hydrogen) atoms. The van der Waals surface area contributed by atoms with Crippen molar-refractivity contribution in [1.82, 2.24) is 20.4 Å². The van der Waals surface area contributed by atoms with E-state index >= 15 is 0 Å². The lowest BCUT2D eigenvalue weighted by atomic mass is 9.87. The summed E-state index contributed by atoms with van der Waals surface area (Å²) in [5, 5.41) is 7.28. The van der Waals surface area contributed by atoms with Gasteiger partial charge in [-0.25, -0.2) is 0 Å². The topological polar surface area (TPSA) is 80.5 Å². The second kappa shape index (κ2) is 11.0. The molecular weight excluding hydrogens is 440 g/mol. The summed E-state index contributed by atoms with van der Waals surface area (Å²) >= 11 is 0. The summed E-state index contributed by atoms with van der Waals surface area (Å²) in [6.45, 7) is 11.1. The second-order valence-electron chi connectivity index (χ2n) is 10.4. The first kappa shape index (κ1) is 24.9. The van der Waals surface area contributed by atoms with Gasteiger partial charge in [0.15, 0.2) is 0 Å². The Kier molecular flexibility index (Phi) is 7.86. The molecule has 7 heteroatoms. The minimum absolute atomic E-state index is 0.0599. The van der Waals surface area contributed by atoms with Crippen molar-refractivity contribution in [3.05, 3.63) is 66.1 Å². The highest BCUT2D eigenvalue weighted by Gasteiger charge is 2.27. The van der Waals surface area contributed by atoms with Crippen molar-refractivity contribution in [1.29, 1.82) is 0 Å². The number of nitrogens with zero attached hydrogens (tertiary/aromatic N) is 3. The van der Waals surface area contributed by atoms with E-state index in [4.69, 9.17) is 9.26 Å². The van der Waals surface area contributed by atoms with Crippen molar-refractivity contribution < 1.29 is 14.1 Å². The highest BCUT2D eigenvalue weighted by atomic mass is 16.5. The Hall–Kier alpha value is -3.19. The Morgan fingerprint density at radius 3 is 2.63 bits per heavy atom. The van der Waals surface area contributed by atoms with E-state index in [1.165, 1.54) is 5.56 Å². The van der Waals surface area contributed by atoms with Crippen molar-refractivity contribution in [3.8, 4) is 17.1 Å². The number of nitrogens with one attached hydrogen (secondary N) is 1. The van der Waals surface area contributed by atoms with Crippen LogP contribution in [0.5, 0.6) is 5.75 Å². The lowest BCUT2D eigenvalue weighted by Gasteiger charge is -2.31. The molecule has 0 saturated carbocycles. The monoisotopic (exact) mass is 476 g/mol. The number of para-hydroxylation sites is 1. The Balaban J connectivity index is 1.28. The fourth-order valence-corrected chi connectivity index (χ4v) is 4.30. The Morgan fingerprint density at radius 1 is 1.17 bits per heavy atom. The van der Waals surface area contributed by atoms with Gasteiger partial charge in [-0.05, 0) is 49.4 Å². The van der Waals surface area contributed by atoms with E-state index in [0.29, 0.717) is 31.4 Å². The van der Waals surface area contributed by atoms with Gasteiger partial charge >= 0.3 is 0 Å². The van der Waals surface area contributed by atoms with Crippen LogP contribution in [0.15, 0.2) is 59.1 Å². The van der Waals surface area contributed by atoms with E-state index in [2.05, 4.69) is 53.3 Å². The van der Waals surface area contributed by atoms with Gasteiger partial charge in [-0.3, -0.25) is 9.69 Å². The second-order valence-corrected chi connectivity index (χ2v) is 10.4. The van der Waals surface area contributed by atoms with Crippen LogP contribution in [0.2, 0.25) is 0 Å². The summed E-state index contributed by atoms with van der Waals surface area (Å²) in [4.78, 5) is 19.7. The fourth-order valence-electron chi connectivity index (χ4n) is 4.30. The van der Waals surface area contributed by atoms with Gasteiger partial charge < -0.3 is 14.6 Å². The molecule has 0 aliphatic carbocycles. The molecule has 2 aromatic carbocycles. The zero-order chi connectivity index (χ0) is 24.8. The predicted molar refractivity (Wildman–Crippen MR) is 136 cm³/mol. The quantitative estimate of drug-likeness (QED) is 0.502. The molecule has 1 amide bonds. The van der Waals surface area contributed by atoms with Gasteiger partial charge in [0.25, 0.3) is 0 Å². The molecule has 2 unspecified atom stereocenters. The molecule has 1 aromatic heterocycles. The van der Waals surface area contributed by atoms with E-state index in [0.717, 1.165) is 30.7 Å². The molecule has 2 atom stereocenters. The van der Waals surface area contributed by atoms with Gasteiger partial charge in [-0.2, -0.15) is 4.98 Å². The summed E-state index contributed by atoms with van der Waals surface area (Å²) in [5.41, 5.74) is 2.31.